The Bertz CT molecular complexity index is 922. The third-order valence-electron chi connectivity index (χ3n) is 3.29. The van der Waals surface area contributed by atoms with E-state index in [2.05, 4.69) is 10.5 Å². The molecule has 154 valence electrons. The number of amides is 1. The second-order valence-electron chi connectivity index (χ2n) is 7.21. The van der Waals surface area contributed by atoms with Crippen LogP contribution in [0.15, 0.2) is 42.5 Å². The molecule has 0 radical (unpaired) electrons. The van der Waals surface area contributed by atoms with Crippen molar-refractivity contribution in [1.82, 2.24) is 5.32 Å². The van der Waals surface area contributed by atoms with E-state index in [0.717, 1.165) is 22.6 Å². The summed E-state index contributed by atoms with van der Waals surface area (Å²) in [5.74, 6) is -1.09. The van der Waals surface area contributed by atoms with Crippen LogP contribution in [0.1, 0.15) is 26.3 Å². The highest BCUT2D eigenvalue weighted by atomic mass is 32.2. The van der Waals surface area contributed by atoms with Crippen LogP contribution in [0.3, 0.4) is 0 Å². The predicted octanol–water partition coefficient (Wildman–Crippen LogP) is 2.26. The summed E-state index contributed by atoms with van der Waals surface area (Å²) in [5.41, 5.74) is 0.193. The topological polar surface area (TPSA) is 136 Å². The first-order chi connectivity index (χ1) is 12.8. The van der Waals surface area contributed by atoms with Crippen molar-refractivity contribution in [2.24, 2.45) is 5.14 Å². The summed E-state index contributed by atoms with van der Waals surface area (Å²) in [4.78, 5) is 23.3. The highest BCUT2D eigenvalue weighted by molar-refractivity contribution is 7.88. The summed E-state index contributed by atoms with van der Waals surface area (Å²) in [5, 5.41) is 18.1. The molecule has 0 saturated heterocycles. The zero-order valence-corrected chi connectivity index (χ0v) is 17.1. The van der Waals surface area contributed by atoms with Gasteiger partial charge in [0.2, 0.25) is 10.0 Å². The minimum Gasteiger partial charge on any atom is -0.480 e. The molecule has 0 heterocycles. The fraction of sp³-hybridized carbons (Fsp3) is 0.368. The van der Waals surface area contributed by atoms with E-state index < -0.39 is 33.7 Å². The first-order valence-electron chi connectivity index (χ1n) is 8.43. The summed E-state index contributed by atoms with van der Waals surface area (Å²) >= 11 is 0. The summed E-state index contributed by atoms with van der Waals surface area (Å²) in [6.07, 6.45) is 0.397. The zero-order valence-electron chi connectivity index (χ0n) is 16.3. The molecule has 0 aliphatic rings. The van der Waals surface area contributed by atoms with Crippen molar-refractivity contribution in [3.8, 4) is 0 Å². The molecule has 8 nitrogen and oxygen atoms in total. The number of carboxylic acids is 1. The molecular formula is C19H26N2O6S. The van der Waals surface area contributed by atoms with Crippen LogP contribution in [0.5, 0.6) is 0 Å². The molecule has 2 aromatic carbocycles. The summed E-state index contributed by atoms with van der Waals surface area (Å²) in [6, 6.07) is 12.4. The second kappa shape index (κ2) is 9.52. The lowest BCUT2D eigenvalue weighted by Gasteiger charge is -2.22. The van der Waals surface area contributed by atoms with Gasteiger partial charge in [-0.2, -0.15) is 0 Å². The van der Waals surface area contributed by atoms with Gasteiger partial charge in [-0.15, -0.1) is 0 Å². The molecule has 0 fully saturated rings. The van der Waals surface area contributed by atoms with Crippen LogP contribution in [0.2, 0.25) is 0 Å². The number of alkyl carbamates (subject to hydrolysis) is 1. The number of sulfonamides is 1. The molecule has 0 unspecified atom stereocenters. The highest BCUT2D eigenvalue weighted by Gasteiger charge is 2.24. The van der Waals surface area contributed by atoms with Gasteiger partial charge < -0.3 is 15.2 Å². The van der Waals surface area contributed by atoms with Crippen LogP contribution in [-0.4, -0.2) is 43.5 Å². The number of rotatable bonds is 4. The van der Waals surface area contributed by atoms with Crippen molar-refractivity contribution in [2.45, 2.75) is 38.8 Å². The Morgan fingerprint density at radius 3 is 2.21 bits per heavy atom. The van der Waals surface area contributed by atoms with E-state index >= 15 is 0 Å². The van der Waals surface area contributed by atoms with Gasteiger partial charge in [-0.25, -0.2) is 23.1 Å². The van der Waals surface area contributed by atoms with Gasteiger partial charge >= 0.3 is 12.1 Å². The van der Waals surface area contributed by atoms with E-state index in [0.29, 0.717) is 0 Å². The van der Waals surface area contributed by atoms with Gasteiger partial charge in [0.05, 0.1) is 6.26 Å². The van der Waals surface area contributed by atoms with E-state index in [1.807, 2.05) is 42.5 Å². The number of aliphatic carboxylic acids is 1. The molecule has 0 bridgehead atoms. The van der Waals surface area contributed by atoms with Gasteiger partial charge in [0.25, 0.3) is 0 Å². The monoisotopic (exact) mass is 410 g/mol. The van der Waals surface area contributed by atoms with E-state index in [9.17, 15) is 23.1 Å². The van der Waals surface area contributed by atoms with Crippen LogP contribution in [0.25, 0.3) is 10.8 Å². The average molecular weight is 410 g/mol. The molecule has 0 spiro atoms. The van der Waals surface area contributed by atoms with Crippen molar-refractivity contribution in [1.29, 1.82) is 0 Å². The normalized spacial score (nSPS) is 12.5. The standard InChI is InChI=1S/C18H21NO4.CH5NO2S/c1-18(2,3)23-17(22)19-15(16(20)21)11-13-9-6-8-12-7-4-5-10-14(12)13;1-5(2,3)4/h4-10,15H,11H2,1-3H3,(H,19,22)(H,20,21);1H3,(H2,2,3,4)/t15-;/m1./s1. The molecule has 4 N–H and O–H groups in total. The average Bonchev–Trinajstić information content (AvgIpc) is 2.51. The predicted molar refractivity (Wildman–Crippen MR) is 107 cm³/mol. The van der Waals surface area contributed by atoms with Crippen LogP contribution in [0, 0.1) is 0 Å². The van der Waals surface area contributed by atoms with E-state index in [1.54, 1.807) is 20.8 Å². The highest BCUT2D eigenvalue weighted by Crippen LogP contribution is 2.20. The van der Waals surface area contributed by atoms with Crippen LogP contribution in [-0.2, 0) is 26.0 Å². The molecular weight excluding hydrogens is 384 g/mol. The van der Waals surface area contributed by atoms with Gasteiger partial charge in [0, 0.05) is 6.42 Å². The molecule has 0 aromatic heterocycles. The van der Waals surface area contributed by atoms with E-state index in [1.165, 1.54) is 0 Å². The number of ether oxygens (including phenoxy) is 1. The number of hydrogen-bond acceptors (Lipinski definition) is 5. The van der Waals surface area contributed by atoms with Crippen molar-refractivity contribution < 1.29 is 27.9 Å². The second-order valence-corrected chi connectivity index (χ2v) is 8.87. The smallest absolute Gasteiger partial charge is 0.408 e. The SMILES string of the molecule is CC(C)(C)OC(=O)N[C@H](Cc1cccc2ccccc12)C(=O)O.CS(N)(=O)=O. The number of benzene rings is 2. The van der Waals surface area contributed by atoms with Crippen LogP contribution in [0.4, 0.5) is 4.79 Å². The maximum atomic E-state index is 11.8. The zero-order chi connectivity index (χ0) is 21.5. The third-order valence-corrected chi connectivity index (χ3v) is 3.29. The van der Waals surface area contributed by atoms with Crippen molar-refractivity contribution >= 4 is 32.9 Å². The number of carbonyl (C=O) groups is 2. The first kappa shape index (κ1) is 23.4. The number of hydrogen-bond donors (Lipinski definition) is 3. The van der Waals surface area contributed by atoms with E-state index in [4.69, 9.17) is 4.74 Å². The number of primary sulfonamides is 1. The summed E-state index contributed by atoms with van der Waals surface area (Å²) < 4.78 is 23.9. The van der Waals surface area contributed by atoms with Gasteiger partial charge in [-0.05, 0) is 37.1 Å². The number of carboxylic acid groups (broad SMARTS) is 1. The Kier molecular flexibility index (Phi) is 7.95. The maximum absolute atomic E-state index is 11.8. The minimum absolute atomic E-state index is 0.190. The number of nitrogens with one attached hydrogen (secondary N) is 1. The molecule has 9 heteroatoms. The number of carbonyl (C=O) groups excluding carboxylic acids is 1. The van der Waals surface area contributed by atoms with Crippen molar-refractivity contribution in [2.75, 3.05) is 6.26 Å². The Morgan fingerprint density at radius 1 is 1.14 bits per heavy atom. The Hall–Kier alpha value is -2.65. The van der Waals surface area contributed by atoms with Crippen LogP contribution >= 0.6 is 0 Å². The van der Waals surface area contributed by atoms with Gasteiger partial charge in [0.1, 0.15) is 11.6 Å². The van der Waals surface area contributed by atoms with Gasteiger partial charge in [-0.1, -0.05) is 42.5 Å². The molecule has 0 aliphatic heterocycles. The third kappa shape index (κ3) is 9.33. The lowest BCUT2D eigenvalue weighted by atomic mass is 9.99. The number of fused-ring (bicyclic) bond motifs is 1. The lowest BCUT2D eigenvalue weighted by molar-refractivity contribution is -0.139. The quantitative estimate of drug-likeness (QED) is 0.707. The first-order valence-corrected chi connectivity index (χ1v) is 10.4. The fourth-order valence-corrected chi connectivity index (χ4v) is 2.34. The molecule has 1 amide bonds. The largest absolute Gasteiger partial charge is 0.480 e. The Morgan fingerprint density at radius 2 is 1.68 bits per heavy atom. The maximum Gasteiger partial charge on any atom is 0.408 e. The fourth-order valence-electron chi connectivity index (χ4n) is 2.34. The van der Waals surface area contributed by atoms with E-state index in [-0.39, 0.29) is 6.42 Å². The lowest BCUT2D eigenvalue weighted by Crippen LogP contribution is -2.44. The van der Waals surface area contributed by atoms with Gasteiger partial charge in [-0.3, -0.25) is 0 Å². The summed E-state index contributed by atoms with van der Waals surface area (Å²) in [6.45, 7) is 5.19. The Balaban J connectivity index is 0.000000696. The molecule has 0 aliphatic carbocycles. The molecule has 1 atom stereocenters. The van der Waals surface area contributed by atoms with Crippen molar-refractivity contribution in [3.63, 3.8) is 0 Å². The molecule has 2 aromatic rings. The number of nitrogens with two attached hydrogens (primary N) is 1. The molecule has 2 rings (SSSR count). The van der Waals surface area contributed by atoms with Crippen molar-refractivity contribution in [3.05, 3.63) is 48.0 Å². The minimum atomic E-state index is -3.17. The summed E-state index contributed by atoms with van der Waals surface area (Å²) in [7, 11) is -3.17. The van der Waals surface area contributed by atoms with Gasteiger partial charge in [0.15, 0.2) is 0 Å². The molecule has 0 saturated carbocycles. The van der Waals surface area contributed by atoms with Crippen LogP contribution < -0.4 is 10.5 Å². The Labute approximate surface area is 164 Å². The molecule has 28 heavy (non-hydrogen) atoms.